The van der Waals surface area contributed by atoms with Crippen molar-refractivity contribution in [2.24, 2.45) is 10.9 Å². The lowest BCUT2D eigenvalue weighted by molar-refractivity contribution is -0.216. The van der Waals surface area contributed by atoms with Gasteiger partial charge in [-0.3, -0.25) is 14.1 Å². The largest absolute Gasteiger partial charge is 0.489 e. The molecule has 1 aromatic carbocycles. The highest BCUT2D eigenvalue weighted by Gasteiger charge is 2.57. The van der Waals surface area contributed by atoms with E-state index < -0.39 is 40.9 Å². The van der Waals surface area contributed by atoms with Crippen molar-refractivity contribution in [3.63, 3.8) is 0 Å². The average Bonchev–Trinajstić information content (AvgIpc) is 3.71. The van der Waals surface area contributed by atoms with Crippen molar-refractivity contribution in [1.82, 2.24) is 41.0 Å². The second kappa shape index (κ2) is 13.4. The summed E-state index contributed by atoms with van der Waals surface area (Å²) in [5, 5.41) is 27.6. The number of H-pyrrole nitrogens is 1. The summed E-state index contributed by atoms with van der Waals surface area (Å²) < 4.78 is 30.7. The van der Waals surface area contributed by atoms with Crippen LogP contribution in [-0.4, -0.2) is 93.2 Å². The molecule has 0 saturated carbocycles. The van der Waals surface area contributed by atoms with Gasteiger partial charge in [0.15, 0.2) is 10.8 Å². The van der Waals surface area contributed by atoms with Gasteiger partial charge < -0.3 is 31.7 Å². The van der Waals surface area contributed by atoms with Gasteiger partial charge in [-0.1, -0.05) is 10.4 Å². The molecule has 5 rings (SSSR count). The van der Waals surface area contributed by atoms with E-state index in [0.717, 1.165) is 22.1 Å². The first-order valence-electron chi connectivity index (χ1n) is 13.2. The van der Waals surface area contributed by atoms with Crippen molar-refractivity contribution in [3.05, 3.63) is 47.4 Å². The number of hydroxylamine groups is 2. The second-order valence-electron chi connectivity index (χ2n) is 9.93. The molecule has 3 atom stereocenters. The van der Waals surface area contributed by atoms with E-state index in [2.05, 4.69) is 50.7 Å². The lowest BCUT2D eigenvalue weighted by atomic mass is 9.84. The van der Waals surface area contributed by atoms with Crippen LogP contribution in [-0.2, 0) is 30.1 Å². The smallest absolute Gasteiger partial charge is 0.325 e. The fourth-order valence-corrected chi connectivity index (χ4v) is 5.25. The van der Waals surface area contributed by atoms with Crippen molar-refractivity contribution in [1.29, 1.82) is 0 Å². The van der Waals surface area contributed by atoms with Gasteiger partial charge in [-0.15, -0.1) is 25.8 Å². The van der Waals surface area contributed by atoms with Gasteiger partial charge in [0, 0.05) is 30.1 Å². The number of hydrogen-bond donors (Lipinski definition) is 6. The highest BCUT2D eigenvalue weighted by molar-refractivity contribution is 7.74. The number of oxime groups is 1. The maximum absolute atomic E-state index is 13.4. The Morgan fingerprint density at radius 3 is 2.84 bits per heavy atom. The second-order valence-corrected chi connectivity index (χ2v) is 11.4. The van der Waals surface area contributed by atoms with E-state index in [4.69, 9.17) is 25.6 Å². The van der Waals surface area contributed by atoms with E-state index >= 15 is 0 Å². The number of aromatic nitrogens is 6. The van der Waals surface area contributed by atoms with E-state index in [1.807, 2.05) is 18.2 Å². The molecule has 3 aromatic heterocycles. The number of nitrogens with one attached hydrogen (secondary N) is 3. The number of benzene rings is 1. The number of rotatable bonds is 14. The third-order valence-electron chi connectivity index (χ3n) is 6.57. The van der Waals surface area contributed by atoms with Crippen LogP contribution in [0.25, 0.3) is 10.8 Å². The van der Waals surface area contributed by atoms with Crippen LogP contribution in [0.1, 0.15) is 31.5 Å². The van der Waals surface area contributed by atoms with Gasteiger partial charge in [-0.2, -0.15) is 14.5 Å². The van der Waals surface area contributed by atoms with Crippen LogP contribution in [0.2, 0.25) is 0 Å². The van der Waals surface area contributed by atoms with Crippen molar-refractivity contribution in [2.45, 2.75) is 31.5 Å². The lowest BCUT2D eigenvalue weighted by Gasteiger charge is -2.50. The van der Waals surface area contributed by atoms with Gasteiger partial charge in [0.25, 0.3) is 11.8 Å². The summed E-state index contributed by atoms with van der Waals surface area (Å²) in [4.78, 5) is 40.2. The van der Waals surface area contributed by atoms with Crippen LogP contribution in [0, 0.1) is 0 Å². The molecule has 0 radical (unpaired) electrons. The summed E-state index contributed by atoms with van der Waals surface area (Å²) in [6, 6.07) is 6.12. The SMILES string of the molecule is CC1(C)[C@H](NC(=O)/C(=N\OC(COc2ccc3c(NCCN)nccc3c2)c2nn[nH]n2)c2csc(N)n2)C(=O)N1OS(=O)O. The number of thiazole rings is 1. The number of amides is 2. The fourth-order valence-electron chi connectivity index (χ4n) is 4.31. The summed E-state index contributed by atoms with van der Waals surface area (Å²) >= 11 is -1.68. The van der Waals surface area contributed by atoms with Gasteiger partial charge in [0.2, 0.25) is 11.9 Å². The standard InChI is InChI=1S/C24H28N12O7S2/c1-24(2)18(22(38)36(24)43-45(39)40)30-21(37)17(15-11-44-23(26)29-15)33-42-16(20-31-34-35-32-20)10-41-13-3-4-14-12(9-13)5-7-27-19(14)28-8-6-25/h3-5,7,9,11,16,18H,6,8,10,25H2,1-2H3,(H2,26,29)(H,27,28)(H,30,37)(H,39,40)(H,31,32,34,35)/b33-17-/t16?,18-/m1/s1. The van der Waals surface area contributed by atoms with Crippen molar-refractivity contribution < 1.29 is 32.2 Å². The molecule has 4 heterocycles. The zero-order valence-electron chi connectivity index (χ0n) is 23.7. The average molecular weight is 661 g/mol. The number of nitrogens with two attached hydrogens (primary N) is 2. The molecule has 1 aliphatic rings. The molecule has 2 unspecified atom stereocenters. The summed E-state index contributed by atoms with van der Waals surface area (Å²) in [7, 11) is 0. The van der Waals surface area contributed by atoms with E-state index in [1.54, 1.807) is 12.3 Å². The third kappa shape index (κ3) is 6.96. The monoisotopic (exact) mass is 660 g/mol. The number of ether oxygens (including phenoxy) is 1. The predicted octanol–water partition coefficient (Wildman–Crippen LogP) is -0.128. The molecule has 1 fully saturated rings. The molecule has 4 aromatic rings. The molecule has 2 amide bonds. The minimum absolute atomic E-state index is 0.0686. The maximum Gasteiger partial charge on any atom is 0.325 e. The normalized spacial score (nSPS) is 17.4. The Hall–Kier alpha value is -4.83. The number of aromatic amines is 1. The number of nitrogens with zero attached hydrogens (tertiary/aromatic N) is 7. The number of fused-ring (bicyclic) bond motifs is 1. The van der Waals surface area contributed by atoms with Crippen molar-refractivity contribution in [2.75, 3.05) is 30.7 Å². The Balaban J connectivity index is 1.35. The predicted molar refractivity (Wildman–Crippen MR) is 161 cm³/mol. The lowest BCUT2D eigenvalue weighted by Crippen LogP contribution is -2.76. The van der Waals surface area contributed by atoms with Crippen molar-refractivity contribution in [3.8, 4) is 5.75 Å². The van der Waals surface area contributed by atoms with Gasteiger partial charge in [-0.25, -0.2) is 9.97 Å². The van der Waals surface area contributed by atoms with E-state index in [0.29, 0.717) is 29.7 Å². The number of pyridine rings is 1. The Morgan fingerprint density at radius 2 is 2.18 bits per heavy atom. The molecular weight excluding hydrogens is 632 g/mol. The molecule has 0 aliphatic carbocycles. The first-order chi connectivity index (χ1) is 21.6. The number of anilines is 2. The fraction of sp³-hybridized carbons (Fsp3) is 0.333. The van der Waals surface area contributed by atoms with Gasteiger partial charge >= 0.3 is 11.4 Å². The molecule has 19 nitrogen and oxygen atoms in total. The number of β-lactam (4-membered cyclic amide) rings is 1. The van der Waals surface area contributed by atoms with Crippen LogP contribution >= 0.6 is 11.3 Å². The van der Waals surface area contributed by atoms with E-state index in [1.165, 1.54) is 19.2 Å². The first kappa shape index (κ1) is 31.6. The zero-order chi connectivity index (χ0) is 32.1. The molecular formula is C24H28N12O7S2. The van der Waals surface area contributed by atoms with Crippen LogP contribution in [0.5, 0.6) is 5.75 Å². The molecule has 45 heavy (non-hydrogen) atoms. The Labute approximate surface area is 261 Å². The van der Waals surface area contributed by atoms with Crippen molar-refractivity contribution >= 4 is 61.9 Å². The highest BCUT2D eigenvalue weighted by Crippen LogP contribution is 2.32. The van der Waals surface area contributed by atoms with Crippen LogP contribution in [0.4, 0.5) is 10.9 Å². The van der Waals surface area contributed by atoms with Crippen LogP contribution < -0.4 is 26.8 Å². The Morgan fingerprint density at radius 1 is 1.36 bits per heavy atom. The maximum atomic E-state index is 13.4. The van der Waals surface area contributed by atoms with Gasteiger partial charge in [-0.05, 0) is 43.5 Å². The summed E-state index contributed by atoms with van der Waals surface area (Å²) in [5.74, 6) is -0.330. The van der Waals surface area contributed by atoms with Gasteiger partial charge in [0.05, 0.1) is 5.54 Å². The van der Waals surface area contributed by atoms with E-state index in [9.17, 15) is 13.8 Å². The number of hydrogen-bond acceptors (Lipinski definition) is 16. The topological polar surface area (TPSA) is 271 Å². The molecule has 0 spiro atoms. The quantitative estimate of drug-likeness (QED) is 0.0445. The van der Waals surface area contributed by atoms with Crippen LogP contribution in [0.15, 0.2) is 41.0 Å². The number of carbonyl (C=O) groups is 2. The Bertz CT molecular complexity index is 1730. The van der Waals surface area contributed by atoms with Crippen LogP contribution in [0.3, 0.4) is 0 Å². The zero-order valence-corrected chi connectivity index (χ0v) is 25.4. The molecule has 21 heteroatoms. The Kier molecular flexibility index (Phi) is 9.43. The minimum Gasteiger partial charge on any atom is -0.489 e. The minimum atomic E-state index is -2.74. The number of tetrazole rings is 1. The molecule has 1 aliphatic heterocycles. The summed E-state index contributed by atoms with van der Waals surface area (Å²) in [6.07, 6.45) is 0.613. The van der Waals surface area contributed by atoms with Gasteiger partial charge in [0.1, 0.15) is 29.9 Å². The van der Waals surface area contributed by atoms with E-state index in [-0.39, 0.29) is 29.0 Å². The number of carbonyl (C=O) groups excluding carboxylic acids is 2. The molecule has 1 saturated heterocycles. The molecule has 8 N–H and O–H groups in total. The molecule has 0 bridgehead atoms. The summed E-state index contributed by atoms with van der Waals surface area (Å²) in [5.41, 5.74) is 9.96. The summed E-state index contributed by atoms with van der Waals surface area (Å²) in [6.45, 7) is 3.94. The number of nitrogen functional groups attached to an aromatic ring is 1. The third-order valence-corrected chi connectivity index (χ3v) is 7.52. The highest BCUT2D eigenvalue weighted by atomic mass is 32.2. The first-order valence-corrected chi connectivity index (χ1v) is 15.1. The molecule has 238 valence electrons.